The average molecular weight is 270 g/mol. The zero-order chi connectivity index (χ0) is 10.7. The molecule has 2 rings (SSSR count). The van der Waals surface area contributed by atoms with Crippen LogP contribution in [0.15, 0.2) is 22.9 Å². The van der Waals surface area contributed by atoms with Crippen molar-refractivity contribution < 1.29 is 0 Å². The lowest BCUT2D eigenvalue weighted by atomic mass is 10.2. The van der Waals surface area contributed by atoms with Gasteiger partial charge in [-0.15, -0.1) is 0 Å². The van der Waals surface area contributed by atoms with Crippen LogP contribution in [0.1, 0.15) is 6.92 Å². The summed E-state index contributed by atoms with van der Waals surface area (Å²) in [5.74, 6) is 0. The normalized spacial score (nSPS) is 18.1. The van der Waals surface area contributed by atoms with Crippen molar-refractivity contribution in [1.82, 2.24) is 9.88 Å². The number of pyridine rings is 1. The van der Waals surface area contributed by atoms with Crippen molar-refractivity contribution in [2.45, 2.75) is 6.92 Å². The van der Waals surface area contributed by atoms with E-state index in [0.29, 0.717) is 0 Å². The van der Waals surface area contributed by atoms with E-state index in [4.69, 9.17) is 0 Å². The third kappa shape index (κ3) is 2.49. The number of anilines is 1. The second-order valence-corrected chi connectivity index (χ2v) is 4.60. The van der Waals surface area contributed by atoms with Crippen LogP contribution < -0.4 is 4.90 Å². The van der Waals surface area contributed by atoms with Crippen molar-refractivity contribution in [3.63, 3.8) is 0 Å². The molecule has 1 aliphatic rings. The molecule has 0 unspecified atom stereocenters. The molecule has 0 aromatic carbocycles. The van der Waals surface area contributed by atoms with Gasteiger partial charge >= 0.3 is 0 Å². The van der Waals surface area contributed by atoms with Gasteiger partial charge < -0.3 is 9.80 Å². The van der Waals surface area contributed by atoms with E-state index in [0.717, 1.165) is 37.2 Å². The summed E-state index contributed by atoms with van der Waals surface area (Å²) >= 11 is 3.55. The van der Waals surface area contributed by atoms with E-state index in [2.05, 4.69) is 43.7 Å². The van der Waals surface area contributed by atoms with Gasteiger partial charge in [-0.05, 0) is 28.5 Å². The van der Waals surface area contributed by atoms with Crippen molar-refractivity contribution in [2.24, 2.45) is 0 Å². The molecule has 2 heterocycles. The third-order valence-electron chi connectivity index (χ3n) is 2.91. The molecule has 82 valence electrons. The average Bonchev–Trinajstić information content (AvgIpc) is 2.30. The highest BCUT2D eigenvalue weighted by molar-refractivity contribution is 9.10. The van der Waals surface area contributed by atoms with E-state index in [1.165, 1.54) is 5.69 Å². The lowest BCUT2D eigenvalue weighted by Crippen LogP contribution is -2.46. The molecule has 0 saturated carbocycles. The standard InChI is InChI=1S/C11H16BrN3/c1-2-14-5-7-15(8-6-14)11-3-4-13-9-10(11)12/h3-4,9H,2,5-8H2,1H3. The number of hydrogen-bond acceptors (Lipinski definition) is 3. The molecule has 0 N–H and O–H groups in total. The predicted octanol–water partition coefficient (Wildman–Crippen LogP) is 1.99. The van der Waals surface area contributed by atoms with E-state index in [1.807, 2.05) is 12.4 Å². The van der Waals surface area contributed by atoms with Crippen molar-refractivity contribution in [1.29, 1.82) is 0 Å². The van der Waals surface area contributed by atoms with Gasteiger partial charge in [0.2, 0.25) is 0 Å². The number of piperazine rings is 1. The second kappa shape index (κ2) is 4.94. The van der Waals surface area contributed by atoms with Crippen molar-refractivity contribution in [3.8, 4) is 0 Å². The smallest absolute Gasteiger partial charge is 0.0592 e. The van der Waals surface area contributed by atoms with Crippen LogP contribution in [0.25, 0.3) is 0 Å². The SMILES string of the molecule is CCN1CCN(c2ccncc2Br)CC1. The van der Waals surface area contributed by atoms with Crippen LogP contribution in [-0.2, 0) is 0 Å². The van der Waals surface area contributed by atoms with Gasteiger partial charge in [0.15, 0.2) is 0 Å². The Morgan fingerprint density at radius 2 is 2.07 bits per heavy atom. The molecule has 0 amide bonds. The van der Waals surface area contributed by atoms with Crippen LogP contribution in [-0.4, -0.2) is 42.6 Å². The zero-order valence-electron chi connectivity index (χ0n) is 8.99. The molecule has 0 atom stereocenters. The molecule has 0 radical (unpaired) electrons. The summed E-state index contributed by atoms with van der Waals surface area (Å²) in [7, 11) is 0. The molecule has 1 saturated heterocycles. The molecule has 3 nitrogen and oxygen atoms in total. The van der Waals surface area contributed by atoms with Gasteiger partial charge in [-0.2, -0.15) is 0 Å². The summed E-state index contributed by atoms with van der Waals surface area (Å²) in [4.78, 5) is 8.98. The van der Waals surface area contributed by atoms with Gasteiger partial charge in [-0.3, -0.25) is 4.98 Å². The Balaban J connectivity index is 2.04. The molecule has 4 heteroatoms. The maximum absolute atomic E-state index is 4.09. The largest absolute Gasteiger partial charge is 0.368 e. The minimum atomic E-state index is 1.09. The van der Waals surface area contributed by atoms with Crippen LogP contribution in [0.2, 0.25) is 0 Å². The lowest BCUT2D eigenvalue weighted by Gasteiger charge is -2.35. The van der Waals surface area contributed by atoms with Crippen molar-refractivity contribution in [3.05, 3.63) is 22.9 Å². The van der Waals surface area contributed by atoms with Gasteiger partial charge in [-0.25, -0.2) is 0 Å². The maximum Gasteiger partial charge on any atom is 0.0592 e. The Hall–Kier alpha value is -0.610. The highest BCUT2D eigenvalue weighted by atomic mass is 79.9. The lowest BCUT2D eigenvalue weighted by molar-refractivity contribution is 0.271. The van der Waals surface area contributed by atoms with Crippen LogP contribution in [0.3, 0.4) is 0 Å². The predicted molar refractivity (Wildman–Crippen MR) is 66.3 cm³/mol. The molecular weight excluding hydrogens is 254 g/mol. The molecule has 15 heavy (non-hydrogen) atoms. The molecule has 1 aromatic heterocycles. The number of halogens is 1. The van der Waals surface area contributed by atoms with E-state index in [1.54, 1.807) is 0 Å². The van der Waals surface area contributed by atoms with E-state index in [9.17, 15) is 0 Å². The molecule has 1 aromatic rings. The topological polar surface area (TPSA) is 19.4 Å². The first-order valence-electron chi connectivity index (χ1n) is 5.38. The molecule has 0 bridgehead atoms. The summed E-state index contributed by atoms with van der Waals surface area (Å²) in [6.07, 6.45) is 3.72. The quantitative estimate of drug-likeness (QED) is 0.819. The van der Waals surface area contributed by atoms with Gasteiger partial charge in [0.25, 0.3) is 0 Å². The van der Waals surface area contributed by atoms with Gasteiger partial charge in [0, 0.05) is 38.6 Å². The summed E-state index contributed by atoms with van der Waals surface area (Å²) < 4.78 is 1.09. The number of rotatable bonds is 2. The first-order valence-corrected chi connectivity index (χ1v) is 6.17. The molecule has 1 fully saturated rings. The molecule has 1 aliphatic heterocycles. The highest BCUT2D eigenvalue weighted by Crippen LogP contribution is 2.25. The summed E-state index contributed by atoms with van der Waals surface area (Å²) in [5, 5.41) is 0. The minimum absolute atomic E-state index is 1.09. The Morgan fingerprint density at radius 3 is 2.67 bits per heavy atom. The van der Waals surface area contributed by atoms with E-state index in [-0.39, 0.29) is 0 Å². The Morgan fingerprint density at radius 1 is 1.33 bits per heavy atom. The maximum atomic E-state index is 4.09. The molecule has 0 spiro atoms. The molecular formula is C11H16BrN3. The highest BCUT2D eigenvalue weighted by Gasteiger charge is 2.17. The number of likely N-dealkylation sites (N-methyl/N-ethyl adjacent to an activating group) is 1. The first-order chi connectivity index (χ1) is 7.31. The van der Waals surface area contributed by atoms with E-state index >= 15 is 0 Å². The summed E-state index contributed by atoms with van der Waals surface area (Å²) in [6.45, 7) is 7.91. The zero-order valence-corrected chi connectivity index (χ0v) is 10.6. The fourth-order valence-electron chi connectivity index (χ4n) is 1.93. The Bertz CT molecular complexity index is 321. The number of hydrogen-bond donors (Lipinski definition) is 0. The van der Waals surface area contributed by atoms with Crippen LogP contribution >= 0.6 is 15.9 Å². The second-order valence-electron chi connectivity index (χ2n) is 3.75. The Labute approximate surface area is 99.2 Å². The fraction of sp³-hybridized carbons (Fsp3) is 0.545. The van der Waals surface area contributed by atoms with Crippen LogP contribution in [0.4, 0.5) is 5.69 Å². The van der Waals surface area contributed by atoms with Crippen molar-refractivity contribution in [2.75, 3.05) is 37.6 Å². The third-order valence-corrected chi connectivity index (χ3v) is 3.52. The molecule has 0 aliphatic carbocycles. The van der Waals surface area contributed by atoms with Gasteiger partial charge in [0.05, 0.1) is 10.2 Å². The summed E-state index contributed by atoms with van der Waals surface area (Å²) in [6, 6.07) is 2.08. The Kier molecular flexibility index (Phi) is 3.59. The van der Waals surface area contributed by atoms with Crippen molar-refractivity contribution >= 4 is 21.6 Å². The summed E-state index contributed by atoms with van der Waals surface area (Å²) in [5.41, 5.74) is 1.26. The number of aromatic nitrogens is 1. The number of nitrogens with zero attached hydrogens (tertiary/aromatic N) is 3. The monoisotopic (exact) mass is 269 g/mol. The van der Waals surface area contributed by atoms with Gasteiger partial charge in [0.1, 0.15) is 0 Å². The van der Waals surface area contributed by atoms with E-state index < -0.39 is 0 Å². The first kappa shape index (κ1) is 10.9. The van der Waals surface area contributed by atoms with Crippen LogP contribution in [0, 0.1) is 0 Å². The minimum Gasteiger partial charge on any atom is -0.368 e. The van der Waals surface area contributed by atoms with Crippen LogP contribution in [0.5, 0.6) is 0 Å². The fourth-order valence-corrected chi connectivity index (χ4v) is 2.43. The van der Waals surface area contributed by atoms with Gasteiger partial charge in [-0.1, -0.05) is 6.92 Å².